The van der Waals surface area contributed by atoms with Crippen LogP contribution in [0.2, 0.25) is 0 Å². The largest absolute Gasteiger partial charge is 0.370 e. The molecule has 134 valence electrons. The molecule has 3 aromatic heterocycles. The average Bonchev–Trinajstić information content (AvgIpc) is 3.05. The lowest BCUT2D eigenvalue weighted by atomic mass is 10.1. The van der Waals surface area contributed by atoms with Crippen LogP contribution in [0.15, 0.2) is 35.4 Å². The van der Waals surface area contributed by atoms with Crippen molar-refractivity contribution in [3.8, 4) is 0 Å². The minimum absolute atomic E-state index is 0.0710. The van der Waals surface area contributed by atoms with Crippen molar-refractivity contribution in [2.75, 3.05) is 19.7 Å². The molecule has 1 atom stereocenters. The van der Waals surface area contributed by atoms with Gasteiger partial charge in [0.05, 0.1) is 19.6 Å². The summed E-state index contributed by atoms with van der Waals surface area (Å²) in [5.41, 5.74) is 1.29. The number of fused-ring (bicyclic) bond motifs is 1. The molecule has 4 heterocycles. The van der Waals surface area contributed by atoms with E-state index in [1.807, 2.05) is 12.1 Å². The zero-order valence-electron chi connectivity index (χ0n) is 14.3. The quantitative estimate of drug-likeness (QED) is 0.723. The number of ether oxygens (including phenoxy) is 1. The summed E-state index contributed by atoms with van der Waals surface area (Å²) >= 11 is 0. The number of amides is 1. The second kappa shape index (κ2) is 6.68. The predicted octanol–water partition coefficient (Wildman–Crippen LogP) is 0.264. The fourth-order valence-electron chi connectivity index (χ4n) is 3.01. The molecule has 0 aromatic carbocycles. The maximum atomic E-state index is 12.7. The number of aromatic amines is 1. The van der Waals surface area contributed by atoms with Gasteiger partial charge in [-0.1, -0.05) is 6.07 Å². The number of H-pyrrole nitrogens is 1. The summed E-state index contributed by atoms with van der Waals surface area (Å²) in [6.07, 6.45) is 3.33. The number of rotatable bonds is 3. The number of carbonyl (C=O) groups is 1. The molecule has 1 amide bonds. The molecule has 4 rings (SSSR count). The number of hydrogen-bond acceptors (Lipinski definition) is 6. The van der Waals surface area contributed by atoms with Crippen molar-refractivity contribution in [2.24, 2.45) is 0 Å². The number of aryl methyl sites for hydroxylation is 1. The van der Waals surface area contributed by atoms with Crippen LogP contribution < -0.4 is 5.56 Å². The molecule has 9 nitrogen and oxygen atoms in total. The maximum Gasteiger partial charge on any atom is 0.274 e. The SMILES string of the molecule is Cc1cc(=O)n2[nH]c(CC(=O)N3CCO[C@@H](c4cccnc4)C3)nc2n1. The average molecular weight is 354 g/mol. The fourth-order valence-corrected chi connectivity index (χ4v) is 3.01. The Morgan fingerprint density at radius 3 is 3.12 bits per heavy atom. The molecule has 0 bridgehead atoms. The Hall–Kier alpha value is -3.07. The van der Waals surface area contributed by atoms with Crippen molar-refractivity contribution in [1.82, 2.24) is 29.5 Å². The first-order chi connectivity index (χ1) is 12.6. The van der Waals surface area contributed by atoms with E-state index in [0.717, 1.165) is 5.56 Å². The molecule has 1 aliphatic heterocycles. The third-order valence-electron chi connectivity index (χ3n) is 4.30. The first kappa shape index (κ1) is 16.4. The summed E-state index contributed by atoms with van der Waals surface area (Å²) in [4.78, 5) is 38.9. The zero-order chi connectivity index (χ0) is 18.1. The third-order valence-corrected chi connectivity index (χ3v) is 4.30. The summed E-state index contributed by atoms with van der Waals surface area (Å²) in [6.45, 7) is 3.17. The van der Waals surface area contributed by atoms with Gasteiger partial charge in [0, 0.05) is 36.3 Å². The number of carbonyl (C=O) groups excluding carboxylic acids is 1. The topological polar surface area (TPSA) is 105 Å². The second-order valence-electron chi connectivity index (χ2n) is 6.20. The third kappa shape index (κ3) is 3.21. The van der Waals surface area contributed by atoms with Crippen LogP contribution in [0, 0.1) is 6.92 Å². The summed E-state index contributed by atoms with van der Waals surface area (Å²) in [5.74, 6) is 0.605. The van der Waals surface area contributed by atoms with E-state index in [9.17, 15) is 9.59 Å². The monoisotopic (exact) mass is 354 g/mol. The molecular weight excluding hydrogens is 336 g/mol. The van der Waals surface area contributed by atoms with Gasteiger partial charge in [0.2, 0.25) is 5.91 Å². The second-order valence-corrected chi connectivity index (χ2v) is 6.20. The number of aromatic nitrogens is 5. The highest BCUT2D eigenvalue weighted by Crippen LogP contribution is 2.21. The van der Waals surface area contributed by atoms with Crippen LogP contribution >= 0.6 is 0 Å². The predicted molar refractivity (Wildman–Crippen MR) is 91.6 cm³/mol. The highest BCUT2D eigenvalue weighted by molar-refractivity contribution is 5.78. The van der Waals surface area contributed by atoms with E-state index in [4.69, 9.17) is 4.74 Å². The molecule has 26 heavy (non-hydrogen) atoms. The van der Waals surface area contributed by atoms with Crippen molar-refractivity contribution in [2.45, 2.75) is 19.4 Å². The number of hydrogen-bond donors (Lipinski definition) is 1. The molecule has 3 aromatic rings. The van der Waals surface area contributed by atoms with Crippen molar-refractivity contribution in [3.63, 3.8) is 0 Å². The van der Waals surface area contributed by atoms with Gasteiger partial charge in [0.25, 0.3) is 11.3 Å². The minimum Gasteiger partial charge on any atom is -0.370 e. The van der Waals surface area contributed by atoms with Crippen molar-refractivity contribution in [1.29, 1.82) is 0 Å². The molecule has 1 N–H and O–H groups in total. The van der Waals surface area contributed by atoms with Crippen LogP contribution in [0.25, 0.3) is 5.78 Å². The lowest BCUT2D eigenvalue weighted by molar-refractivity contribution is -0.138. The van der Waals surface area contributed by atoms with Gasteiger partial charge in [-0.15, -0.1) is 0 Å². The van der Waals surface area contributed by atoms with Crippen molar-refractivity contribution in [3.05, 3.63) is 58.0 Å². The Balaban J connectivity index is 1.49. The zero-order valence-corrected chi connectivity index (χ0v) is 14.3. The Labute approximate surface area is 148 Å². The van der Waals surface area contributed by atoms with Crippen LogP contribution in [-0.4, -0.2) is 55.1 Å². The Kier molecular flexibility index (Phi) is 4.21. The lowest BCUT2D eigenvalue weighted by Gasteiger charge is -2.33. The van der Waals surface area contributed by atoms with Gasteiger partial charge in [0.1, 0.15) is 11.9 Å². The molecule has 0 spiro atoms. The number of morpholine rings is 1. The smallest absolute Gasteiger partial charge is 0.274 e. The van der Waals surface area contributed by atoms with E-state index in [0.29, 0.717) is 31.2 Å². The van der Waals surface area contributed by atoms with E-state index in [2.05, 4.69) is 20.1 Å². The van der Waals surface area contributed by atoms with E-state index in [1.165, 1.54) is 10.6 Å². The summed E-state index contributed by atoms with van der Waals surface area (Å²) in [6, 6.07) is 5.20. The van der Waals surface area contributed by atoms with E-state index in [1.54, 1.807) is 24.2 Å². The maximum absolute atomic E-state index is 12.7. The highest BCUT2D eigenvalue weighted by Gasteiger charge is 2.26. The Morgan fingerprint density at radius 1 is 1.42 bits per heavy atom. The van der Waals surface area contributed by atoms with E-state index < -0.39 is 0 Å². The van der Waals surface area contributed by atoms with Crippen LogP contribution in [-0.2, 0) is 16.0 Å². The fraction of sp³-hybridized carbons (Fsp3) is 0.353. The van der Waals surface area contributed by atoms with Crippen LogP contribution in [0.3, 0.4) is 0 Å². The summed E-state index contributed by atoms with van der Waals surface area (Å²) < 4.78 is 7.00. The Morgan fingerprint density at radius 2 is 2.31 bits per heavy atom. The lowest BCUT2D eigenvalue weighted by Crippen LogP contribution is -2.43. The molecule has 0 radical (unpaired) electrons. The van der Waals surface area contributed by atoms with Gasteiger partial charge in [-0.2, -0.15) is 9.50 Å². The molecule has 0 saturated carbocycles. The molecular formula is C17H18N6O3. The van der Waals surface area contributed by atoms with E-state index >= 15 is 0 Å². The van der Waals surface area contributed by atoms with Crippen molar-refractivity contribution >= 4 is 11.7 Å². The molecule has 0 unspecified atom stereocenters. The molecule has 1 saturated heterocycles. The van der Waals surface area contributed by atoms with Crippen LogP contribution in [0.4, 0.5) is 0 Å². The first-order valence-corrected chi connectivity index (χ1v) is 8.35. The molecule has 1 fully saturated rings. The van der Waals surface area contributed by atoms with Gasteiger partial charge >= 0.3 is 0 Å². The Bertz CT molecular complexity index is 997. The van der Waals surface area contributed by atoms with Crippen LogP contribution in [0.1, 0.15) is 23.2 Å². The number of nitrogens with zero attached hydrogens (tertiary/aromatic N) is 5. The summed E-state index contributed by atoms with van der Waals surface area (Å²) in [5, 5.41) is 2.85. The number of pyridine rings is 1. The van der Waals surface area contributed by atoms with Crippen LogP contribution in [0.5, 0.6) is 0 Å². The highest BCUT2D eigenvalue weighted by atomic mass is 16.5. The van der Waals surface area contributed by atoms with Crippen molar-refractivity contribution < 1.29 is 9.53 Å². The standard InChI is InChI=1S/C17H18N6O3/c1-11-7-16(25)23-17(19-11)20-14(21-23)8-15(24)22-5-6-26-13(10-22)12-3-2-4-18-9-12/h2-4,7,9,13H,5-6,8,10H2,1H3,(H,19,20,21)/t13-/m1/s1. The number of nitrogens with one attached hydrogen (secondary N) is 1. The molecule has 1 aliphatic rings. The first-order valence-electron chi connectivity index (χ1n) is 8.35. The van der Waals surface area contributed by atoms with Gasteiger partial charge in [0.15, 0.2) is 0 Å². The molecule has 9 heteroatoms. The van der Waals surface area contributed by atoms with Gasteiger partial charge in [-0.25, -0.2) is 4.98 Å². The minimum atomic E-state index is -0.248. The summed E-state index contributed by atoms with van der Waals surface area (Å²) in [7, 11) is 0. The molecule has 0 aliphatic carbocycles. The van der Waals surface area contributed by atoms with E-state index in [-0.39, 0.29) is 29.8 Å². The van der Waals surface area contributed by atoms with Gasteiger partial charge in [-0.05, 0) is 13.0 Å². The van der Waals surface area contributed by atoms with Gasteiger partial charge in [-0.3, -0.25) is 19.7 Å². The normalized spacial score (nSPS) is 17.6. The van der Waals surface area contributed by atoms with Gasteiger partial charge < -0.3 is 9.64 Å².